The van der Waals surface area contributed by atoms with Crippen molar-refractivity contribution >= 4 is 11.6 Å². The van der Waals surface area contributed by atoms with Crippen LogP contribution in [-0.2, 0) is 11.3 Å². The molecule has 0 bridgehead atoms. The van der Waals surface area contributed by atoms with E-state index in [0.29, 0.717) is 19.6 Å². The highest BCUT2D eigenvalue weighted by Gasteiger charge is 2.13. The SMILES string of the molecule is CCNC(=O)C[NH+](CC)Cc1ccc([N+](=O)[O-])cc1. The van der Waals surface area contributed by atoms with Gasteiger partial charge in [0.2, 0.25) is 0 Å². The minimum Gasteiger partial charge on any atom is -0.351 e. The molecule has 6 heteroatoms. The van der Waals surface area contributed by atoms with Gasteiger partial charge in [0.15, 0.2) is 6.54 Å². The van der Waals surface area contributed by atoms with Gasteiger partial charge in [-0.3, -0.25) is 14.9 Å². The second-order valence-electron chi connectivity index (χ2n) is 4.33. The number of hydrogen-bond acceptors (Lipinski definition) is 3. The largest absolute Gasteiger partial charge is 0.351 e. The number of carbonyl (C=O) groups is 1. The van der Waals surface area contributed by atoms with Gasteiger partial charge in [0.25, 0.3) is 11.6 Å². The monoisotopic (exact) mass is 266 g/mol. The molecular weight excluding hydrogens is 246 g/mol. The highest BCUT2D eigenvalue weighted by Crippen LogP contribution is 2.10. The van der Waals surface area contributed by atoms with Gasteiger partial charge in [-0.1, -0.05) is 0 Å². The van der Waals surface area contributed by atoms with E-state index in [2.05, 4.69) is 5.32 Å². The molecule has 0 heterocycles. The smallest absolute Gasteiger partial charge is 0.275 e. The van der Waals surface area contributed by atoms with Gasteiger partial charge in [-0.05, 0) is 26.0 Å². The summed E-state index contributed by atoms with van der Waals surface area (Å²) in [5, 5.41) is 13.3. The first-order chi connectivity index (χ1) is 9.06. The third-order valence-electron chi connectivity index (χ3n) is 2.89. The van der Waals surface area contributed by atoms with Gasteiger partial charge in [0, 0.05) is 24.2 Å². The van der Waals surface area contributed by atoms with Crippen molar-refractivity contribution in [2.24, 2.45) is 0 Å². The molecule has 2 N–H and O–H groups in total. The predicted octanol–water partition coefficient (Wildman–Crippen LogP) is 0.136. The number of carbonyl (C=O) groups excluding carboxylic acids is 1. The minimum absolute atomic E-state index is 0.0289. The normalized spacial score (nSPS) is 11.9. The number of likely N-dealkylation sites (N-methyl/N-ethyl adjacent to an activating group) is 2. The fraction of sp³-hybridized carbons (Fsp3) is 0.462. The average molecular weight is 266 g/mol. The van der Waals surface area contributed by atoms with Gasteiger partial charge in [0.05, 0.1) is 11.5 Å². The fourth-order valence-electron chi connectivity index (χ4n) is 1.82. The van der Waals surface area contributed by atoms with Crippen LogP contribution in [0.1, 0.15) is 19.4 Å². The molecule has 0 aliphatic heterocycles. The topological polar surface area (TPSA) is 76.7 Å². The number of nitro benzene ring substituents is 1. The van der Waals surface area contributed by atoms with Crippen LogP contribution in [0, 0.1) is 10.1 Å². The Labute approximate surface area is 112 Å². The third kappa shape index (κ3) is 5.05. The lowest BCUT2D eigenvalue weighted by atomic mass is 10.2. The van der Waals surface area contributed by atoms with Crippen LogP contribution in [-0.4, -0.2) is 30.5 Å². The number of benzene rings is 1. The zero-order valence-electron chi connectivity index (χ0n) is 11.3. The molecule has 1 rings (SSSR count). The number of rotatable bonds is 7. The van der Waals surface area contributed by atoms with Crippen molar-refractivity contribution in [1.29, 1.82) is 0 Å². The number of nitrogens with zero attached hydrogens (tertiary/aromatic N) is 1. The lowest BCUT2D eigenvalue weighted by Gasteiger charge is -2.17. The van der Waals surface area contributed by atoms with Crippen LogP contribution in [0.25, 0.3) is 0 Å². The average Bonchev–Trinajstić information content (AvgIpc) is 2.38. The Morgan fingerprint density at radius 1 is 1.32 bits per heavy atom. The van der Waals surface area contributed by atoms with Gasteiger partial charge in [0.1, 0.15) is 6.54 Å². The van der Waals surface area contributed by atoms with Gasteiger partial charge < -0.3 is 10.2 Å². The maximum atomic E-state index is 11.5. The van der Waals surface area contributed by atoms with Crippen molar-refractivity contribution in [2.75, 3.05) is 19.6 Å². The van der Waals surface area contributed by atoms with Crippen LogP contribution >= 0.6 is 0 Å². The summed E-state index contributed by atoms with van der Waals surface area (Å²) in [6.07, 6.45) is 0. The molecule has 0 radical (unpaired) electrons. The standard InChI is InChI=1S/C13H19N3O3/c1-3-14-13(17)10-15(4-2)9-11-5-7-12(8-6-11)16(18)19/h5-8H,3-4,9-10H2,1-2H3,(H,14,17)/p+1. The van der Waals surface area contributed by atoms with Crippen molar-refractivity contribution < 1.29 is 14.6 Å². The van der Waals surface area contributed by atoms with Crippen LogP contribution in [0.15, 0.2) is 24.3 Å². The van der Waals surface area contributed by atoms with Gasteiger partial charge >= 0.3 is 0 Å². The minimum atomic E-state index is -0.414. The van der Waals surface area contributed by atoms with Crippen molar-refractivity contribution in [2.45, 2.75) is 20.4 Å². The van der Waals surface area contributed by atoms with E-state index in [1.54, 1.807) is 12.1 Å². The quantitative estimate of drug-likeness (QED) is 0.544. The molecule has 104 valence electrons. The van der Waals surface area contributed by atoms with Crippen molar-refractivity contribution in [3.63, 3.8) is 0 Å². The molecule has 0 spiro atoms. The van der Waals surface area contributed by atoms with Gasteiger partial charge in [-0.2, -0.15) is 0 Å². The Morgan fingerprint density at radius 3 is 2.42 bits per heavy atom. The first-order valence-electron chi connectivity index (χ1n) is 6.40. The highest BCUT2D eigenvalue weighted by molar-refractivity contribution is 5.76. The Morgan fingerprint density at radius 2 is 1.95 bits per heavy atom. The van der Waals surface area contributed by atoms with E-state index in [4.69, 9.17) is 0 Å². The summed E-state index contributed by atoms with van der Waals surface area (Å²) in [6, 6.07) is 6.47. The van der Waals surface area contributed by atoms with Crippen molar-refractivity contribution in [1.82, 2.24) is 5.32 Å². The van der Waals surface area contributed by atoms with E-state index in [1.807, 2.05) is 13.8 Å². The third-order valence-corrected chi connectivity index (χ3v) is 2.89. The van der Waals surface area contributed by atoms with Crippen molar-refractivity contribution in [3.8, 4) is 0 Å². The molecule has 0 aromatic heterocycles. The number of non-ortho nitro benzene ring substituents is 1. The van der Waals surface area contributed by atoms with Crippen LogP contribution in [0.5, 0.6) is 0 Å². The van der Waals surface area contributed by atoms with Crippen LogP contribution < -0.4 is 10.2 Å². The fourth-order valence-corrected chi connectivity index (χ4v) is 1.82. The number of quaternary nitrogens is 1. The van der Waals surface area contributed by atoms with Gasteiger partial charge in [-0.25, -0.2) is 0 Å². The number of nitrogens with one attached hydrogen (secondary N) is 2. The molecule has 1 amide bonds. The maximum absolute atomic E-state index is 11.5. The molecular formula is C13H20N3O3+. The molecule has 0 aliphatic carbocycles. The summed E-state index contributed by atoms with van der Waals surface area (Å²) in [6.45, 7) is 6.47. The Kier molecular flexibility index (Phi) is 5.95. The first kappa shape index (κ1) is 15.1. The molecule has 1 aromatic carbocycles. The summed E-state index contributed by atoms with van der Waals surface area (Å²) in [5.41, 5.74) is 1.08. The van der Waals surface area contributed by atoms with E-state index >= 15 is 0 Å². The Bertz CT molecular complexity index is 431. The molecule has 6 nitrogen and oxygen atoms in total. The molecule has 0 saturated heterocycles. The summed E-state index contributed by atoms with van der Waals surface area (Å²) in [5.74, 6) is 0.0289. The Hall–Kier alpha value is -1.95. The van der Waals surface area contributed by atoms with Gasteiger partial charge in [-0.15, -0.1) is 0 Å². The second kappa shape index (κ2) is 7.48. The van der Waals surface area contributed by atoms with E-state index in [0.717, 1.165) is 17.0 Å². The van der Waals surface area contributed by atoms with Crippen LogP contribution in [0.3, 0.4) is 0 Å². The lowest BCUT2D eigenvalue weighted by Crippen LogP contribution is -3.11. The zero-order valence-corrected chi connectivity index (χ0v) is 11.3. The lowest BCUT2D eigenvalue weighted by molar-refractivity contribution is -0.904. The predicted molar refractivity (Wildman–Crippen MR) is 71.9 cm³/mol. The summed E-state index contributed by atoms with van der Waals surface area (Å²) in [4.78, 5) is 22.8. The summed E-state index contributed by atoms with van der Waals surface area (Å²) in [7, 11) is 0. The van der Waals surface area contributed by atoms with E-state index in [9.17, 15) is 14.9 Å². The molecule has 19 heavy (non-hydrogen) atoms. The second-order valence-corrected chi connectivity index (χ2v) is 4.33. The molecule has 1 unspecified atom stereocenters. The van der Waals surface area contributed by atoms with Crippen LogP contribution in [0.2, 0.25) is 0 Å². The number of hydrogen-bond donors (Lipinski definition) is 2. The molecule has 0 aliphatic rings. The summed E-state index contributed by atoms with van der Waals surface area (Å²) < 4.78 is 0. The van der Waals surface area contributed by atoms with E-state index < -0.39 is 4.92 Å². The number of amides is 1. The maximum Gasteiger partial charge on any atom is 0.275 e. The van der Waals surface area contributed by atoms with Crippen LogP contribution in [0.4, 0.5) is 5.69 Å². The zero-order chi connectivity index (χ0) is 14.3. The number of nitro groups is 1. The molecule has 0 saturated carbocycles. The van der Waals surface area contributed by atoms with E-state index in [1.165, 1.54) is 12.1 Å². The van der Waals surface area contributed by atoms with Crippen molar-refractivity contribution in [3.05, 3.63) is 39.9 Å². The molecule has 1 aromatic rings. The first-order valence-corrected chi connectivity index (χ1v) is 6.40. The Balaban J connectivity index is 2.60. The highest BCUT2D eigenvalue weighted by atomic mass is 16.6. The van der Waals surface area contributed by atoms with E-state index in [-0.39, 0.29) is 11.6 Å². The molecule has 1 atom stereocenters. The molecule has 0 fully saturated rings. The summed E-state index contributed by atoms with van der Waals surface area (Å²) >= 11 is 0.